The number of para-hydroxylation sites is 1. The zero-order chi connectivity index (χ0) is 14.4. The first-order chi connectivity index (χ1) is 9.66. The molecular formula is C15H14N2O3. The molecule has 0 saturated carbocycles. The third-order valence-corrected chi connectivity index (χ3v) is 2.58. The van der Waals surface area contributed by atoms with Crippen LogP contribution >= 0.6 is 0 Å². The first-order valence-corrected chi connectivity index (χ1v) is 6.09. The van der Waals surface area contributed by atoms with Gasteiger partial charge >= 0.3 is 5.97 Å². The highest BCUT2D eigenvalue weighted by Crippen LogP contribution is 2.16. The summed E-state index contributed by atoms with van der Waals surface area (Å²) in [7, 11) is 0. The number of pyridine rings is 1. The van der Waals surface area contributed by atoms with Crippen molar-refractivity contribution < 1.29 is 14.3 Å². The molecule has 1 heterocycles. The van der Waals surface area contributed by atoms with Crippen LogP contribution in [0.5, 0.6) is 0 Å². The predicted molar refractivity (Wildman–Crippen MR) is 74.1 cm³/mol. The van der Waals surface area contributed by atoms with E-state index in [1.807, 2.05) is 0 Å². The minimum Gasteiger partial charge on any atom is -0.457 e. The molecule has 0 unspecified atom stereocenters. The molecule has 0 aliphatic carbocycles. The number of carbonyl (C=O) groups excluding carboxylic acids is 2. The lowest BCUT2D eigenvalue weighted by Gasteiger charge is -2.09. The van der Waals surface area contributed by atoms with Crippen LogP contribution in [0.3, 0.4) is 0 Å². The molecule has 5 heteroatoms. The van der Waals surface area contributed by atoms with Gasteiger partial charge < -0.3 is 10.1 Å². The Bertz CT molecular complexity index is 612. The van der Waals surface area contributed by atoms with E-state index in [1.165, 1.54) is 6.92 Å². The zero-order valence-corrected chi connectivity index (χ0v) is 11.0. The van der Waals surface area contributed by atoms with Gasteiger partial charge in [0.05, 0.1) is 11.3 Å². The summed E-state index contributed by atoms with van der Waals surface area (Å²) in [6.45, 7) is 1.55. The lowest BCUT2D eigenvalue weighted by Crippen LogP contribution is -2.12. The van der Waals surface area contributed by atoms with E-state index in [0.717, 1.165) is 5.56 Å². The van der Waals surface area contributed by atoms with Crippen molar-refractivity contribution in [2.45, 2.75) is 13.5 Å². The van der Waals surface area contributed by atoms with Crippen molar-refractivity contribution in [2.75, 3.05) is 5.32 Å². The Kier molecular flexibility index (Phi) is 4.44. The summed E-state index contributed by atoms with van der Waals surface area (Å²) in [5.41, 5.74) is 1.63. The standard InChI is InChI=1S/C15H14N2O3/c1-11(18)17-14-5-3-2-4-13(14)15(19)20-10-12-6-8-16-9-7-12/h2-9H,10H2,1H3,(H,17,18). The molecule has 0 saturated heterocycles. The monoisotopic (exact) mass is 270 g/mol. The number of carbonyl (C=O) groups is 2. The first-order valence-electron chi connectivity index (χ1n) is 6.09. The Balaban J connectivity index is 2.07. The molecule has 0 radical (unpaired) electrons. The largest absolute Gasteiger partial charge is 0.457 e. The van der Waals surface area contributed by atoms with Gasteiger partial charge in [0.25, 0.3) is 0 Å². The molecule has 1 N–H and O–H groups in total. The number of benzene rings is 1. The minimum atomic E-state index is -0.480. The minimum absolute atomic E-state index is 0.162. The first kappa shape index (κ1) is 13.7. The fraction of sp³-hybridized carbons (Fsp3) is 0.133. The third-order valence-electron chi connectivity index (χ3n) is 2.58. The molecule has 20 heavy (non-hydrogen) atoms. The Morgan fingerprint density at radius 2 is 1.85 bits per heavy atom. The van der Waals surface area contributed by atoms with Crippen molar-refractivity contribution in [2.24, 2.45) is 0 Å². The van der Waals surface area contributed by atoms with Gasteiger partial charge in [0, 0.05) is 19.3 Å². The summed E-state index contributed by atoms with van der Waals surface area (Å²) in [6, 6.07) is 10.3. The van der Waals surface area contributed by atoms with Gasteiger partial charge in [-0.3, -0.25) is 9.78 Å². The van der Waals surface area contributed by atoms with Gasteiger partial charge in [-0.1, -0.05) is 12.1 Å². The van der Waals surface area contributed by atoms with E-state index < -0.39 is 5.97 Å². The number of nitrogens with zero attached hydrogens (tertiary/aromatic N) is 1. The van der Waals surface area contributed by atoms with Crippen molar-refractivity contribution in [3.8, 4) is 0 Å². The average molecular weight is 270 g/mol. The Morgan fingerprint density at radius 1 is 1.15 bits per heavy atom. The van der Waals surface area contributed by atoms with Crippen LogP contribution in [0.1, 0.15) is 22.8 Å². The molecule has 0 atom stereocenters. The van der Waals surface area contributed by atoms with E-state index in [9.17, 15) is 9.59 Å². The second-order valence-electron chi connectivity index (χ2n) is 4.16. The zero-order valence-electron chi connectivity index (χ0n) is 11.0. The van der Waals surface area contributed by atoms with Gasteiger partial charge in [-0.15, -0.1) is 0 Å². The van der Waals surface area contributed by atoms with Crippen LogP contribution in [0.25, 0.3) is 0 Å². The van der Waals surface area contributed by atoms with E-state index in [1.54, 1.807) is 48.8 Å². The summed E-state index contributed by atoms with van der Waals surface area (Å²) < 4.78 is 5.22. The Labute approximate surface area is 116 Å². The molecule has 5 nitrogen and oxygen atoms in total. The van der Waals surface area contributed by atoms with Gasteiger partial charge in [0.15, 0.2) is 0 Å². The van der Waals surface area contributed by atoms with Crippen LogP contribution in [0.2, 0.25) is 0 Å². The summed E-state index contributed by atoms with van der Waals surface area (Å²) in [5, 5.41) is 2.60. The fourth-order valence-corrected chi connectivity index (χ4v) is 1.67. The normalized spacial score (nSPS) is 9.85. The maximum atomic E-state index is 12.0. The van der Waals surface area contributed by atoms with Crippen LogP contribution < -0.4 is 5.32 Å². The molecule has 2 rings (SSSR count). The third kappa shape index (κ3) is 3.65. The maximum Gasteiger partial charge on any atom is 0.340 e. The Hall–Kier alpha value is -2.69. The van der Waals surface area contributed by atoms with Crippen molar-refractivity contribution >= 4 is 17.6 Å². The lowest BCUT2D eigenvalue weighted by atomic mass is 10.2. The highest BCUT2D eigenvalue weighted by atomic mass is 16.5. The van der Waals surface area contributed by atoms with Crippen molar-refractivity contribution in [3.05, 3.63) is 59.9 Å². The SMILES string of the molecule is CC(=O)Nc1ccccc1C(=O)OCc1ccncc1. The van der Waals surface area contributed by atoms with Gasteiger partial charge in [0.2, 0.25) is 5.91 Å². The molecule has 0 spiro atoms. The van der Waals surface area contributed by atoms with Crippen LogP contribution in [0, 0.1) is 0 Å². The summed E-state index contributed by atoms with van der Waals surface area (Å²) in [4.78, 5) is 27.0. The van der Waals surface area contributed by atoms with Gasteiger partial charge in [0.1, 0.15) is 6.61 Å². The molecule has 1 amide bonds. The topological polar surface area (TPSA) is 68.3 Å². The molecule has 1 aromatic carbocycles. The number of nitrogens with one attached hydrogen (secondary N) is 1. The lowest BCUT2D eigenvalue weighted by molar-refractivity contribution is -0.114. The molecule has 0 fully saturated rings. The van der Waals surface area contributed by atoms with Gasteiger partial charge in [-0.25, -0.2) is 4.79 Å². The van der Waals surface area contributed by atoms with E-state index in [0.29, 0.717) is 11.3 Å². The number of hydrogen-bond acceptors (Lipinski definition) is 4. The number of ether oxygens (including phenoxy) is 1. The molecule has 0 aliphatic rings. The second kappa shape index (κ2) is 6.47. The summed E-state index contributed by atoms with van der Waals surface area (Å²) >= 11 is 0. The molecule has 0 aliphatic heterocycles. The number of rotatable bonds is 4. The number of aromatic nitrogens is 1. The highest BCUT2D eigenvalue weighted by Gasteiger charge is 2.13. The molecule has 102 valence electrons. The van der Waals surface area contributed by atoms with Crippen LogP contribution in [0.4, 0.5) is 5.69 Å². The van der Waals surface area contributed by atoms with E-state index in [2.05, 4.69) is 10.3 Å². The van der Waals surface area contributed by atoms with Crippen LogP contribution in [-0.2, 0) is 16.1 Å². The fourth-order valence-electron chi connectivity index (χ4n) is 1.67. The maximum absolute atomic E-state index is 12.0. The van der Waals surface area contributed by atoms with Crippen molar-refractivity contribution in [1.29, 1.82) is 0 Å². The van der Waals surface area contributed by atoms with E-state index >= 15 is 0 Å². The summed E-state index contributed by atoms with van der Waals surface area (Å²) in [5.74, 6) is -0.717. The van der Waals surface area contributed by atoms with E-state index in [4.69, 9.17) is 4.74 Å². The molecular weight excluding hydrogens is 256 g/mol. The predicted octanol–water partition coefficient (Wildman–Crippen LogP) is 2.40. The number of esters is 1. The quantitative estimate of drug-likeness (QED) is 0.866. The van der Waals surface area contributed by atoms with Crippen LogP contribution in [-0.4, -0.2) is 16.9 Å². The molecule has 0 bridgehead atoms. The van der Waals surface area contributed by atoms with Crippen molar-refractivity contribution in [3.63, 3.8) is 0 Å². The highest BCUT2D eigenvalue weighted by molar-refractivity contribution is 6.00. The molecule has 2 aromatic rings. The summed E-state index contributed by atoms with van der Waals surface area (Å²) in [6.07, 6.45) is 3.27. The number of hydrogen-bond donors (Lipinski definition) is 1. The number of anilines is 1. The van der Waals surface area contributed by atoms with Gasteiger partial charge in [-0.05, 0) is 29.8 Å². The van der Waals surface area contributed by atoms with E-state index in [-0.39, 0.29) is 12.5 Å². The molecule has 1 aromatic heterocycles. The smallest absolute Gasteiger partial charge is 0.340 e. The van der Waals surface area contributed by atoms with Gasteiger partial charge in [-0.2, -0.15) is 0 Å². The van der Waals surface area contributed by atoms with Crippen LogP contribution in [0.15, 0.2) is 48.8 Å². The van der Waals surface area contributed by atoms with Crippen molar-refractivity contribution in [1.82, 2.24) is 4.98 Å². The average Bonchev–Trinajstić information content (AvgIpc) is 2.46. The Morgan fingerprint density at radius 3 is 2.55 bits per heavy atom. The number of amides is 1. The second-order valence-corrected chi connectivity index (χ2v) is 4.16.